The van der Waals surface area contributed by atoms with Gasteiger partial charge in [0.05, 0.1) is 34.9 Å². The Morgan fingerprint density at radius 3 is 2.41 bits per heavy atom. The SMILES string of the molecule is CCC(C)(CCC1OC1(C)C)OC(=O)C1CCC2(CCCC(C)(C)OC)OC2C1. The van der Waals surface area contributed by atoms with Crippen LogP contribution < -0.4 is 0 Å². The molecule has 168 valence electrons. The molecule has 1 aliphatic carbocycles. The van der Waals surface area contributed by atoms with Crippen molar-refractivity contribution in [2.75, 3.05) is 7.11 Å². The highest BCUT2D eigenvalue weighted by molar-refractivity contribution is 5.73. The lowest BCUT2D eigenvalue weighted by atomic mass is 9.79. The van der Waals surface area contributed by atoms with Crippen LogP contribution >= 0.6 is 0 Å². The molecule has 5 nitrogen and oxygen atoms in total. The number of carbonyl (C=O) groups is 1. The van der Waals surface area contributed by atoms with E-state index in [0.717, 1.165) is 57.8 Å². The third-order valence-corrected chi connectivity index (χ3v) is 7.78. The van der Waals surface area contributed by atoms with Crippen LogP contribution in [0, 0.1) is 5.92 Å². The Labute approximate surface area is 177 Å². The minimum Gasteiger partial charge on any atom is -0.459 e. The lowest BCUT2D eigenvalue weighted by molar-refractivity contribution is -0.165. The smallest absolute Gasteiger partial charge is 0.309 e. The van der Waals surface area contributed by atoms with Crippen molar-refractivity contribution in [3.63, 3.8) is 0 Å². The number of hydrogen-bond donors (Lipinski definition) is 0. The molecule has 0 aromatic rings. The van der Waals surface area contributed by atoms with E-state index in [-0.39, 0.29) is 34.8 Å². The van der Waals surface area contributed by atoms with E-state index in [9.17, 15) is 4.79 Å². The summed E-state index contributed by atoms with van der Waals surface area (Å²) in [6.45, 7) is 12.7. The maximum atomic E-state index is 12.9. The molecule has 2 aliphatic heterocycles. The first-order valence-electron chi connectivity index (χ1n) is 11.6. The van der Waals surface area contributed by atoms with Crippen LogP contribution in [0.15, 0.2) is 0 Å². The average Bonchev–Trinajstić information content (AvgIpc) is 3.53. The molecule has 2 heterocycles. The summed E-state index contributed by atoms with van der Waals surface area (Å²) < 4.78 is 23.4. The van der Waals surface area contributed by atoms with E-state index < -0.39 is 5.60 Å². The highest BCUT2D eigenvalue weighted by Crippen LogP contribution is 2.53. The topological polar surface area (TPSA) is 60.6 Å². The average molecular weight is 411 g/mol. The van der Waals surface area contributed by atoms with Crippen LogP contribution in [0.3, 0.4) is 0 Å². The van der Waals surface area contributed by atoms with Crippen LogP contribution in [0.2, 0.25) is 0 Å². The van der Waals surface area contributed by atoms with Gasteiger partial charge in [-0.25, -0.2) is 0 Å². The molecule has 1 saturated carbocycles. The number of ether oxygens (including phenoxy) is 4. The van der Waals surface area contributed by atoms with E-state index in [0.29, 0.717) is 6.10 Å². The fourth-order valence-electron chi connectivity index (χ4n) is 4.80. The lowest BCUT2D eigenvalue weighted by Gasteiger charge is -2.32. The molecule has 29 heavy (non-hydrogen) atoms. The van der Waals surface area contributed by atoms with Gasteiger partial charge in [0, 0.05) is 7.11 Å². The van der Waals surface area contributed by atoms with Gasteiger partial charge in [0.15, 0.2) is 0 Å². The van der Waals surface area contributed by atoms with E-state index >= 15 is 0 Å². The maximum Gasteiger partial charge on any atom is 0.309 e. The molecule has 0 bridgehead atoms. The molecule has 0 spiro atoms. The number of hydrogen-bond acceptors (Lipinski definition) is 5. The van der Waals surface area contributed by atoms with Crippen LogP contribution in [0.5, 0.6) is 0 Å². The minimum absolute atomic E-state index is 0.00680. The Kier molecular flexibility index (Phi) is 6.45. The lowest BCUT2D eigenvalue weighted by Crippen LogP contribution is -2.37. The second-order valence-corrected chi connectivity index (χ2v) is 10.9. The van der Waals surface area contributed by atoms with E-state index in [1.807, 2.05) is 0 Å². The Morgan fingerprint density at radius 2 is 1.86 bits per heavy atom. The van der Waals surface area contributed by atoms with E-state index in [2.05, 4.69) is 41.5 Å². The fraction of sp³-hybridized carbons (Fsp3) is 0.958. The van der Waals surface area contributed by atoms with Gasteiger partial charge >= 0.3 is 5.97 Å². The summed E-state index contributed by atoms with van der Waals surface area (Å²) in [5, 5.41) is 0. The molecular weight excluding hydrogens is 368 g/mol. The summed E-state index contributed by atoms with van der Waals surface area (Å²) in [6.07, 6.45) is 9.01. The van der Waals surface area contributed by atoms with Gasteiger partial charge in [0.2, 0.25) is 0 Å². The normalized spacial score (nSPS) is 34.8. The van der Waals surface area contributed by atoms with Gasteiger partial charge in [-0.2, -0.15) is 0 Å². The van der Waals surface area contributed by atoms with E-state index in [1.165, 1.54) is 0 Å². The predicted octanol–water partition coefficient (Wildman–Crippen LogP) is 5.19. The van der Waals surface area contributed by atoms with Crippen molar-refractivity contribution in [3.05, 3.63) is 0 Å². The number of esters is 1. The molecule has 0 amide bonds. The first-order chi connectivity index (χ1) is 13.4. The number of methoxy groups -OCH3 is 1. The molecule has 2 saturated heterocycles. The number of rotatable bonds is 11. The molecule has 5 unspecified atom stereocenters. The quantitative estimate of drug-likeness (QED) is 0.346. The molecule has 0 aromatic heterocycles. The molecule has 3 fully saturated rings. The molecular formula is C24H42O5. The number of carbonyl (C=O) groups excluding carboxylic acids is 1. The standard InChI is InChI=1S/C24H42O5/c1-8-23(6,14-11-18-22(4,5)27-18)29-20(25)17-10-15-24(19(16-17)28-24)13-9-12-21(2,3)26-7/h17-19H,8-16H2,1-7H3. The van der Waals surface area contributed by atoms with Crippen LogP contribution in [-0.4, -0.2) is 47.7 Å². The van der Waals surface area contributed by atoms with Gasteiger partial charge < -0.3 is 18.9 Å². The molecule has 3 rings (SSSR count). The summed E-state index contributed by atoms with van der Waals surface area (Å²) in [7, 11) is 1.77. The summed E-state index contributed by atoms with van der Waals surface area (Å²) in [6, 6.07) is 0. The van der Waals surface area contributed by atoms with Crippen LogP contribution in [-0.2, 0) is 23.7 Å². The van der Waals surface area contributed by atoms with E-state index in [1.54, 1.807) is 7.11 Å². The first kappa shape index (κ1) is 23.0. The van der Waals surface area contributed by atoms with Gasteiger partial charge in [0.1, 0.15) is 5.60 Å². The summed E-state index contributed by atoms with van der Waals surface area (Å²) in [4.78, 5) is 12.9. The first-order valence-corrected chi connectivity index (χ1v) is 11.6. The van der Waals surface area contributed by atoms with Crippen molar-refractivity contribution in [2.45, 2.75) is 134 Å². The van der Waals surface area contributed by atoms with Crippen molar-refractivity contribution < 1.29 is 23.7 Å². The molecule has 5 atom stereocenters. The Hall–Kier alpha value is -0.650. The number of fused-ring (bicyclic) bond motifs is 1. The van der Waals surface area contributed by atoms with Crippen molar-refractivity contribution in [1.82, 2.24) is 0 Å². The zero-order valence-corrected chi connectivity index (χ0v) is 19.6. The molecule has 0 aromatic carbocycles. The van der Waals surface area contributed by atoms with E-state index in [4.69, 9.17) is 18.9 Å². The molecule has 3 aliphatic rings. The third kappa shape index (κ3) is 5.54. The molecule has 0 radical (unpaired) electrons. The Balaban J connectivity index is 1.42. The van der Waals surface area contributed by atoms with Crippen LogP contribution in [0.1, 0.15) is 99.3 Å². The third-order valence-electron chi connectivity index (χ3n) is 7.78. The van der Waals surface area contributed by atoms with Crippen molar-refractivity contribution in [2.24, 2.45) is 5.92 Å². The van der Waals surface area contributed by atoms with Crippen molar-refractivity contribution in [1.29, 1.82) is 0 Å². The van der Waals surface area contributed by atoms with Gasteiger partial charge in [-0.3, -0.25) is 4.79 Å². The second-order valence-electron chi connectivity index (χ2n) is 10.9. The Morgan fingerprint density at radius 1 is 1.17 bits per heavy atom. The summed E-state index contributed by atoms with van der Waals surface area (Å²) in [5.74, 6) is -0.0551. The fourth-order valence-corrected chi connectivity index (χ4v) is 4.80. The predicted molar refractivity (Wildman–Crippen MR) is 113 cm³/mol. The van der Waals surface area contributed by atoms with Gasteiger partial charge in [-0.05, 0) is 92.4 Å². The Bertz CT molecular complexity index is 600. The van der Waals surface area contributed by atoms with Crippen LogP contribution in [0.4, 0.5) is 0 Å². The van der Waals surface area contributed by atoms with Crippen molar-refractivity contribution >= 4 is 5.97 Å². The highest BCUT2D eigenvalue weighted by atomic mass is 16.6. The zero-order valence-electron chi connectivity index (χ0n) is 19.6. The maximum absolute atomic E-state index is 12.9. The van der Waals surface area contributed by atoms with Crippen molar-refractivity contribution in [3.8, 4) is 0 Å². The van der Waals surface area contributed by atoms with Gasteiger partial charge in [-0.1, -0.05) is 6.92 Å². The highest BCUT2D eigenvalue weighted by Gasteiger charge is 2.59. The molecule has 0 N–H and O–H groups in total. The van der Waals surface area contributed by atoms with Crippen LogP contribution in [0.25, 0.3) is 0 Å². The monoisotopic (exact) mass is 410 g/mol. The summed E-state index contributed by atoms with van der Waals surface area (Å²) in [5.41, 5.74) is -0.464. The number of epoxide rings is 2. The summed E-state index contributed by atoms with van der Waals surface area (Å²) >= 11 is 0. The van der Waals surface area contributed by atoms with Gasteiger partial charge in [-0.15, -0.1) is 0 Å². The molecule has 5 heteroatoms. The zero-order chi connectivity index (χ0) is 21.5. The second kappa shape index (κ2) is 8.12. The van der Waals surface area contributed by atoms with Gasteiger partial charge in [0.25, 0.3) is 0 Å². The largest absolute Gasteiger partial charge is 0.459 e. The minimum atomic E-state index is -0.399.